The zero-order valence-electron chi connectivity index (χ0n) is 15.4. The number of hydrogen-bond donors (Lipinski definition) is 1. The number of sulfonamides is 1. The van der Waals surface area contributed by atoms with Crippen molar-refractivity contribution >= 4 is 50.1 Å². The Morgan fingerprint density at radius 2 is 1.86 bits per heavy atom. The minimum Gasteiger partial charge on any atom is -0.360 e. The summed E-state index contributed by atoms with van der Waals surface area (Å²) < 4.78 is 28.0. The summed E-state index contributed by atoms with van der Waals surface area (Å²) in [6.07, 6.45) is 1.26. The standard InChI is InChI=1S/C21H17ClN2O3S2/c1-14-16(22)8-5-9-17(14)23-12-19-20(25)21-18(10-11-28-21)24(29(19,26)27)13-15-6-3-2-4-7-15/h2-12,23H,13H2,1H3. The molecular formula is C21H17ClN2O3S2. The van der Waals surface area contributed by atoms with Gasteiger partial charge in [-0.1, -0.05) is 48.0 Å². The molecule has 1 aliphatic heterocycles. The van der Waals surface area contributed by atoms with Crippen LogP contribution in [0.15, 0.2) is 71.1 Å². The normalized spacial score (nSPS) is 16.7. The molecule has 1 aliphatic rings. The van der Waals surface area contributed by atoms with Gasteiger partial charge in [-0.05, 0) is 41.6 Å². The quantitative estimate of drug-likeness (QED) is 0.562. The first kappa shape index (κ1) is 19.7. The highest BCUT2D eigenvalue weighted by Gasteiger charge is 2.41. The molecule has 4 rings (SSSR count). The topological polar surface area (TPSA) is 66.5 Å². The van der Waals surface area contributed by atoms with Crippen molar-refractivity contribution in [3.63, 3.8) is 0 Å². The van der Waals surface area contributed by atoms with Crippen molar-refractivity contribution in [1.29, 1.82) is 0 Å². The first-order chi connectivity index (χ1) is 13.9. The Morgan fingerprint density at radius 1 is 1.10 bits per heavy atom. The SMILES string of the molecule is Cc1c(Cl)cccc1NC=C1C(=O)c2sccc2N(Cc2ccccc2)S1(=O)=O. The average Bonchev–Trinajstić information content (AvgIpc) is 3.18. The van der Waals surface area contributed by atoms with Crippen molar-refractivity contribution < 1.29 is 13.2 Å². The van der Waals surface area contributed by atoms with E-state index in [4.69, 9.17) is 11.6 Å². The smallest absolute Gasteiger partial charge is 0.270 e. The van der Waals surface area contributed by atoms with E-state index >= 15 is 0 Å². The molecule has 148 valence electrons. The fourth-order valence-corrected chi connectivity index (χ4v) is 5.77. The van der Waals surface area contributed by atoms with E-state index in [0.29, 0.717) is 21.3 Å². The second-order valence-corrected chi connectivity index (χ2v) is 9.68. The number of carbonyl (C=O) groups excluding carboxylic acids is 1. The van der Waals surface area contributed by atoms with Gasteiger partial charge in [0, 0.05) is 16.9 Å². The monoisotopic (exact) mass is 444 g/mol. The highest BCUT2D eigenvalue weighted by Crippen LogP contribution is 2.39. The molecule has 1 N–H and O–H groups in total. The summed E-state index contributed by atoms with van der Waals surface area (Å²) in [7, 11) is -4.03. The number of fused-ring (bicyclic) bond motifs is 1. The van der Waals surface area contributed by atoms with Gasteiger partial charge in [0.25, 0.3) is 10.0 Å². The number of anilines is 2. The lowest BCUT2D eigenvalue weighted by molar-refractivity contribution is 0.104. The molecule has 0 fully saturated rings. The van der Waals surface area contributed by atoms with Crippen molar-refractivity contribution in [3.05, 3.63) is 92.1 Å². The maximum absolute atomic E-state index is 13.3. The van der Waals surface area contributed by atoms with Crippen LogP contribution in [-0.4, -0.2) is 14.2 Å². The lowest BCUT2D eigenvalue weighted by Gasteiger charge is -2.29. The van der Waals surface area contributed by atoms with E-state index in [1.165, 1.54) is 21.8 Å². The number of benzene rings is 2. The van der Waals surface area contributed by atoms with E-state index in [2.05, 4.69) is 5.32 Å². The summed E-state index contributed by atoms with van der Waals surface area (Å²) in [4.78, 5) is 13.1. The average molecular weight is 445 g/mol. The molecule has 29 heavy (non-hydrogen) atoms. The first-order valence-electron chi connectivity index (χ1n) is 8.80. The number of carbonyl (C=O) groups is 1. The van der Waals surface area contributed by atoms with Gasteiger partial charge < -0.3 is 5.32 Å². The zero-order chi connectivity index (χ0) is 20.6. The number of Topliss-reactive ketones (excluding diaryl/α,β-unsaturated/α-hetero) is 1. The lowest BCUT2D eigenvalue weighted by Crippen LogP contribution is -2.38. The van der Waals surface area contributed by atoms with Crippen LogP contribution < -0.4 is 9.62 Å². The number of ketones is 1. The summed E-state index contributed by atoms with van der Waals surface area (Å²) in [5, 5.41) is 5.23. The lowest BCUT2D eigenvalue weighted by atomic mass is 10.2. The van der Waals surface area contributed by atoms with Crippen LogP contribution in [0.5, 0.6) is 0 Å². The molecular weight excluding hydrogens is 428 g/mol. The van der Waals surface area contributed by atoms with Crippen LogP contribution in [0, 0.1) is 6.92 Å². The van der Waals surface area contributed by atoms with E-state index in [9.17, 15) is 13.2 Å². The van der Waals surface area contributed by atoms with Gasteiger partial charge in [0.15, 0.2) is 4.91 Å². The molecule has 0 aliphatic carbocycles. The van der Waals surface area contributed by atoms with Crippen LogP contribution >= 0.6 is 22.9 Å². The van der Waals surface area contributed by atoms with Crippen LogP contribution in [0.1, 0.15) is 20.8 Å². The maximum atomic E-state index is 13.3. The number of nitrogens with zero attached hydrogens (tertiary/aromatic N) is 1. The Hall–Kier alpha value is -2.61. The number of hydrogen-bond acceptors (Lipinski definition) is 5. The fraction of sp³-hybridized carbons (Fsp3) is 0.0952. The number of thiophene rings is 1. The summed E-state index contributed by atoms with van der Waals surface area (Å²) >= 11 is 7.37. The molecule has 0 amide bonds. The van der Waals surface area contributed by atoms with E-state index in [1.807, 2.05) is 37.3 Å². The third-order valence-electron chi connectivity index (χ3n) is 4.71. The van der Waals surface area contributed by atoms with Gasteiger partial charge in [0.05, 0.1) is 12.2 Å². The molecule has 0 radical (unpaired) electrons. The molecule has 1 aromatic heterocycles. The van der Waals surface area contributed by atoms with Gasteiger partial charge in [-0.25, -0.2) is 8.42 Å². The molecule has 0 saturated carbocycles. The molecule has 0 atom stereocenters. The van der Waals surface area contributed by atoms with Crippen LogP contribution in [0.25, 0.3) is 0 Å². The minimum atomic E-state index is -4.03. The minimum absolute atomic E-state index is 0.147. The summed E-state index contributed by atoms with van der Waals surface area (Å²) in [5.74, 6) is -0.508. The predicted molar refractivity (Wildman–Crippen MR) is 118 cm³/mol. The molecule has 3 aromatic rings. The Kier molecular flexibility index (Phi) is 5.21. The van der Waals surface area contributed by atoms with E-state index < -0.39 is 15.8 Å². The van der Waals surface area contributed by atoms with Crippen LogP contribution in [0.3, 0.4) is 0 Å². The van der Waals surface area contributed by atoms with Gasteiger partial charge >= 0.3 is 0 Å². The first-order valence-corrected chi connectivity index (χ1v) is 11.5. The molecule has 5 nitrogen and oxygen atoms in total. The molecule has 0 spiro atoms. The molecule has 2 heterocycles. The van der Waals surface area contributed by atoms with Gasteiger partial charge in [0.2, 0.25) is 5.78 Å². The Bertz CT molecular complexity index is 1220. The zero-order valence-corrected chi connectivity index (χ0v) is 17.8. The highest BCUT2D eigenvalue weighted by atomic mass is 35.5. The van der Waals surface area contributed by atoms with Crippen molar-refractivity contribution in [2.75, 3.05) is 9.62 Å². The molecule has 0 saturated heterocycles. The van der Waals surface area contributed by atoms with Gasteiger partial charge in [-0.3, -0.25) is 9.10 Å². The second-order valence-electron chi connectivity index (χ2n) is 6.53. The number of nitrogens with one attached hydrogen (secondary N) is 1. The van der Waals surface area contributed by atoms with Crippen molar-refractivity contribution in [3.8, 4) is 0 Å². The van der Waals surface area contributed by atoms with E-state index in [1.54, 1.807) is 29.6 Å². The van der Waals surface area contributed by atoms with Gasteiger partial charge in [-0.2, -0.15) is 0 Å². The number of allylic oxidation sites excluding steroid dienone is 1. The third-order valence-corrected chi connectivity index (χ3v) is 7.78. The van der Waals surface area contributed by atoms with E-state index in [-0.39, 0.29) is 11.4 Å². The summed E-state index contributed by atoms with van der Waals surface area (Å²) in [6.45, 7) is 1.97. The third kappa shape index (κ3) is 3.57. The maximum Gasteiger partial charge on any atom is 0.270 e. The molecule has 2 aromatic carbocycles. The van der Waals surface area contributed by atoms with Crippen LogP contribution in [0.4, 0.5) is 11.4 Å². The fourth-order valence-electron chi connectivity index (χ4n) is 3.11. The second kappa shape index (κ2) is 7.67. The van der Waals surface area contributed by atoms with Crippen molar-refractivity contribution in [2.24, 2.45) is 0 Å². The molecule has 8 heteroatoms. The van der Waals surface area contributed by atoms with Crippen LogP contribution in [-0.2, 0) is 16.6 Å². The van der Waals surface area contributed by atoms with Gasteiger partial charge in [0.1, 0.15) is 4.88 Å². The Labute approximate surface area is 178 Å². The molecule has 0 unspecified atom stereocenters. The molecule has 0 bridgehead atoms. The highest BCUT2D eigenvalue weighted by molar-refractivity contribution is 7.97. The largest absolute Gasteiger partial charge is 0.360 e. The summed E-state index contributed by atoms with van der Waals surface area (Å²) in [5.41, 5.74) is 2.66. The van der Waals surface area contributed by atoms with E-state index in [0.717, 1.165) is 11.1 Å². The van der Waals surface area contributed by atoms with Crippen LogP contribution in [0.2, 0.25) is 5.02 Å². The number of rotatable bonds is 4. The predicted octanol–water partition coefficient (Wildman–Crippen LogP) is 5.20. The summed E-state index contributed by atoms with van der Waals surface area (Å²) in [6, 6.07) is 16.2. The Morgan fingerprint density at radius 3 is 2.62 bits per heavy atom. The number of halogens is 1. The van der Waals surface area contributed by atoms with Crippen molar-refractivity contribution in [2.45, 2.75) is 13.5 Å². The Balaban J connectivity index is 1.77. The van der Waals surface area contributed by atoms with Gasteiger partial charge in [-0.15, -0.1) is 11.3 Å². The van der Waals surface area contributed by atoms with Crippen molar-refractivity contribution in [1.82, 2.24) is 0 Å².